The number of rotatable bonds is 5. The molecule has 144 valence electrons. The Morgan fingerprint density at radius 2 is 2.07 bits per heavy atom. The Kier molecular flexibility index (Phi) is 5.81. The van der Waals surface area contributed by atoms with Crippen LogP contribution in [0.5, 0.6) is 5.75 Å². The van der Waals surface area contributed by atoms with E-state index in [9.17, 15) is 18.0 Å². The minimum atomic E-state index is -3.80. The van der Waals surface area contributed by atoms with Crippen molar-refractivity contribution in [1.82, 2.24) is 4.98 Å². The lowest BCUT2D eigenvalue weighted by Crippen LogP contribution is -2.22. The van der Waals surface area contributed by atoms with Crippen LogP contribution >= 0.6 is 27.5 Å². The maximum Gasteiger partial charge on any atom is 0.487 e. The molecule has 1 atom stereocenters. The molecule has 2 heterocycles. The van der Waals surface area contributed by atoms with Gasteiger partial charge >= 0.3 is 5.57 Å². The van der Waals surface area contributed by atoms with E-state index in [4.69, 9.17) is 11.6 Å². The maximum absolute atomic E-state index is 13.4. The molecule has 5 nitrogen and oxygen atoms in total. The highest BCUT2D eigenvalue weighted by Gasteiger charge is 2.27. The highest BCUT2D eigenvalue weighted by molar-refractivity contribution is 9.10. The molecule has 0 aliphatic carbocycles. The van der Waals surface area contributed by atoms with Crippen LogP contribution in [0.1, 0.15) is 16.8 Å². The standard InChI is InChI=1S/C17H14BrClF3N3O2/c18-14-7-10(8-23-15(14)25-6-5-11(20)9-25)16(26)24-12-1-3-13(4-2-12)27-17(19,21)22/h1-4,7-8,11H,5-6,9H2,(H,24,26)/t11-/m0/s1. The van der Waals surface area contributed by atoms with Crippen LogP contribution in [-0.2, 0) is 0 Å². The molecule has 0 saturated carbocycles. The van der Waals surface area contributed by atoms with Gasteiger partial charge in [0, 0.05) is 30.0 Å². The highest BCUT2D eigenvalue weighted by atomic mass is 79.9. The quantitative estimate of drug-likeness (QED) is 0.645. The Morgan fingerprint density at radius 1 is 1.37 bits per heavy atom. The van der Waals surface area contributed by atoms with Crippen molar-refractivity contribution < 1.29 is 22.7 Å². The van der Waals surface area contributed by atoms with Crippen molar-refractivity contribution in [2.45, 2.75) is 18.2 Å². The molecule has 3 rings (SSSR count). The number of aromatic nitrogens is 1. The van der Waals surface area contributed by atoms with E-state index in [-0.39, 0.29) is 17.9 Å². The highest BCUT2D eigenvalue weighted by Crippen LogP contribution is 2.29. The molecule has 27 heavy (non-hydrogen) atoms. The van der Waals surface area contributed by atoms with Crippen LogP contribution in [0.4, 0.5) is 24.7 Å². The molecule has 1 saturated heterocycles. The predicted molar refractivity (Wildman–Crippen MR) is 99.5 cm³/mol. The van der Waals surface area contributed by atoms with Crippen LogP contribution in [0.3, 0.4) is 0 Å². The van der Waals surface area contributed by atoms with E-state index in [1.165, 1.54) is 30.5 Å². The van der Waals surface area contributed by atoms with Gasteiger partial charge in [-0.3, -0.25) is 4.79 Å². The van der Waals surface area contributed by atoms with Gasteiger partial charge in [-0.15, -0.1) is 8.78 Å². The number of carbonyl (C=O) groups excluding carboxylic acids is 1. The number of pyridine rings is 1. The van der Waals surface area contributed by atoms with Gasteiger partial charge in [-0.05, 0) is 52.7 Å². The van der Waals surface area contributed by atoms with Gasteiger partial charge in [0.05, 0.1) is 16.6 Å². The number of nitrogens with one attached hydrogen (secondary N) is 1. The second kappa shape index (κ2) is 7.93. The summed E-state index contributed by atoms with van der Waals surface area (Å²) in [6.07, 6.45) is 0.963. The number of amides is 1. The molecule has 1 aromatic carbocycles. The summed E-state index contributed by atoms with van der Waals surface area (Å²) in [5.41, 5.74) is -3.14. The van der Waals surface area contributed by atoms with Crippen LogP contribution < -0.4 is 15.0 Å². The molecular formula is C17H14BrClF3N3O2. The Balaban J connectivity index is 1.66. The smallest absolute Gasteiger partial charge is 0.420 e. The lowest BCUT2D eigenvalue weighted by Gasteiger charge is -2.18. The first-order valence-electron chi connectivity index (χ1n) is 7.93. The third kappa shape index (κ3) is 5.26. The summed E-state index contributed by atoms with van der Waals surface area (Å²) in [6, 6.07) is 6.90. The molecule has 1 N–H and O–H groups in total. The average molecular weight is 465 g/mol. The summed E-state index contributed by atoms with van der Waals surface area (Å²) in [4.78, 5) is 18.4. The van der Waals surface area contributed by atoms with Gasteiger partial charge in [0.15, 0.2) is 0 Å². The molecule has 2 aromatic rings. The third-order valence-electron chi connectivity index (χ3n) is 3.86. The normalized spacial score (nSPS) is 17.1. The van der Waals surface area contributed by atoms with E-state index in [1.54, 1.807) is 6.07 Å². The van der Waals surface area contributed by atoms with E-state index >= 15 is 0 Å². The molecule has 0 bridgehead atoms. The SMILES string of the molecule is O=C(Nc1ccc(OC(F)(F)Cl)cc1)c1cnc(N2CC[C@H](F)C2)c(Br)c1. The molecule has 1 amide bonds. The van der Waals surface area contributed by atoms with E-state index in [0.29, 0.717) is 28.9 Å². The van der Waals surface area contributed by atoms with E-state index in [0.717, 1.165) is 0 Å². The zero-order chi connectivity index (χ0) is 19.6. The van der Waals surface area contributed by atoms with E-state index < -0.39 is 17.6 Å². The Hall–Kier alpha value is -2.00. The number of hydrogen-bond donors (Lipinski definition) is 1. The van der Waals surface area contributed by atoms with Crippen molar-refractivity contribution in [2.75, 3.05) is 23.3 Å². The van der Waals surface area contributed by atoms with Gasteiger partial charge in [-0.2, -0.15) is 0 Å². The van der Waals surface area contributed by atoms with Crippen molar-refractivity contribution in [3.63, 3.8) is 0 Å². The molecule has 1 aromatic heterocycles. The predicted octanol–water partition coefficient (Wildman–Crippen LogP) is 4.81. The molecule has 1 fully saturated rings. The Labute approximate surface area is 166 Å². The topological polar surface area (TPSA) is 54.5 Å². The van der Waals surface area contributed by atoms with Crippen LogP contribution in [0.15, 0.2) is 41.0 Å². The zero-order valence-electron chi connectivity index (χ0n) is 13.8. The first-order valence-corrected chi connectivity index (χ1v) is 9.10. The second-order valence-electron chi connectivity index (χ2n) is 5.89. The lowest BCUT2D eigenvalue weighted by atomic mass is 10.2. The fraction of sp³-hybridized carbons (Fsp3) is 0.294. The van der Waals surface area contributed by atoms with Gasteiger partial charge in [-0.1, -0.05) is 0 Å². The van der Waals surface area contributed by atoms with E-state index in [1.807, 2.05) is 4.90 Å². The fourth-order valence-corrected chi connectivity index (χ4v) is 3.33. The minimum Gasteiger partial charge on any atom is -0.420 e. The van der Waals surface area contributed by atoms with E-state index in [2.05, 4.69) is 31.0 Å². The molecule has 0 spiro atoms. The van der Waals surface area contributed by atoms with Crippen LogP contribution in [0, 0.1) is 0 Å². The van der Waals surface area contributed by atoms with Gasteiger partial charge in [0.25, 0.3) is 5.91 Å². The van der Waals surface area contributed by atoms with Crippen molar-refractivity contribution in [2.24, 2.45) is 0 Å². The second-order valence-corrected chi connectivity index (χ2v) is 7.18. The zero-order valence-corrected chi connectivity index (χ0v) is 16.1. The van der Waals surface area contributed by atoms with Crippen molar-refractivity contribution >= 4 is 44.9 Å². The number of hydrogen-bond acceptors (Lipinski definition) is 4. The van der Waals surface area contributed by atoms with Crippen molar-refractivity contribution in [3.05, 3.63) is 46.6 Å². The minimum absolute atomic E-state index is 0.140. The van der Waals surface area contributed by atoms with Crippen LogP contribution in [0.2, 0.25) is 0 Å². The van der Waals surface area contributed by atoms with Gasteiger partial charge in [-0.25, -0.2) is 9.37 Å². The molecule has 10 heteroatoms. The number of halogens is 5. The summed E-state index contributed by atoms with van der Waals surface area (Å²) < 4.78 is 43.3. The summed E-state index contributed by atoms with van der Waals surface area (Å²) >= 11 is 8.06. The largest absolute Gasteiger partial charge is 0.487 e. The fourth-order valence-electron chi connectivity index (χ4n) is 2.64. The number of alkyl halides is 4. The first kappa shape index (κ1) is 19.8. The monoisotopic (exact) mass is 463 g/mol. The van der Waals surface area contributed by atoms with Gasteiger partial charge in [0.2, 0.25) is 0 Å². The average Bonchev–Trinajstić information content (AvgIpc) is 3.01. The summed E-state index contributed by atoms with van der Waals surface area (Å²) in [5, 5.41) is 2.62. The summed E-state index contributed by atoms with van der Waals surface area (Å²) in [5.74, 6) is 0.00429. The van der Waals surface area contributed by atoms with Crippen LogP contribution in [-0.4, -0.2) is 35.7 Å². The Bertz CT molecular complexity index is 833. The van der Waals surface area contributed by atoms with Crippen molar-refractivity contribution in [1.29, 1.82) is 0 Å². The lowest BCUT2D eigenvalue weighted by molar-refractivity contribution is -0.0964. The summed E-state index contributed by atoms with van der Waals surface area (Å²) in [6.45, 7) is 0.834. The molecule has 1 aliphatic heterocycles. The van der Waals surface area contributed by atoms with Gasteiger partial charge < -0.3 is 15.0 Å². The number of benzene rings is 1. The Morgan fingerprint density at radius 3 is 2.63 bits per heavy atom. The van der Waals surface area contributed by atoms with Gasteiger partial charge in [0.1, 0.15) is 17.7 Å². The van der Waals surface area contributed by atoms with Crippen molar-refractivity contribution in [3.8, 4) is 5.75 Å². The first-order chi connectivity index (χ1) is 12.7. The summed E-state index contributed by atoms with van der Waals surface area (Å²) in [7, 11) is 0. The molecule has 0 unspecified atom stereocenters. The molecule has 1 aliphatic rings. The van der Waals surface area contributed by atoms with Crippen LogP contribution in [0.25, 0.3) is 0 Å². The number of ether oxygens (including phenoxy) is 1. The molecular weight excluding hydrogens is 451 g/mol. The maximum atomic E-state index is 13.4. The third-order valence-corrected chi connectivity index (χ3v) is 4.52. The number of nitrogens with zero attached hydrogens (tertiary/aromatic N) is 2. The number of anilines is 2. The number of carbonyl (C=O) groups is 1. The molecule has 0 radical (unpaired) electrons.